The van der Waals surface area contributed by atoms with E-state index in [0.717, 1.165) is 22.6 Å². The summed E-state index contributed by atoms with van der Waals surface area (Å²) in [6.07, 6.45) is 0. The molecule has 5 nitrogen and oxygen atoms in total. The third-order valence-electron chi connectivity index (χ3n) is 2.36. The number of fused-ring (bicyclic) bond motifs is 1. The summed E-state index contributed by atoms with van der Waals surface area (Å²) in [6.45, 7) is 1.94. The quantitative estimate of drug-likeness (QED) is 0.707. The summed E-state index contributed by atoms with van der Waals surface area (Å²) in [4.78, 5) is 12.9. The number of hydrogen-bond donors (Lipinski definition) is 1. The lowest BCUT2D eigenvalue weighted by Gasteiger charge is -1.99. The first-order valence-corrected chi connectivity index (χ1v) is 5.84. The molecule has 0 radical (unpaired) electrons. The van der Waals surface area contributed by atoms with Crippen LogP contribution in [0.15, 0.2) is 24.3 Å². The monoisotopic (exact) mass is 243 g/mol. The Morgan fingerprint density at radius 1 is 1.06 bits per heavy atom. The molecule has 0 unspecified atom stereocenters. The van der Waals surface area contributed by atoms with Crippen LogP contribution in [0.1, 0.15) is 5.69 Å². The van der Waals surface area contributed by atoms with Gasteiger partial charge in [0.2, 0.25) is 0 Å². The highest BCUT2D eigenvalue weighted by Crippen LogP contribution is 2.20. The van der Waals surface area contributed by atoms with Crippen LogP contribution in [0.2, 0.25) is 0 Å². The van der Waals surface area contributed by atoms with Gasteiger partial charge < -0.3 is 5.73 Å². The van der Waals surface area contributed by atoms with Crippen LogP contribution in [-0.2, 0) is 0 Å². The van der Waals surface area contributed by atoms with Gasteiger partial charge >= 0.3 is 0 Å². The molecule has 0 saturated heterocycles. The van der Waals surface area contributed by atoms with Crippen molar-refractivity contribution in [1.29, 1.82) is 0 Å². The van der Waals surface area contributed by atoms with Crippen LogP contribution in [0.25, 0.3) is 22.6 Å². The molecule has 0 aromatic carbocycles. The fourth-order valence-corrected chi connectivity index (χ4v) is 2.00. The second-order valence-electron chi connectivity index (χ2n) is 3.65. The lowest BCUT2D eigenvalue weighted by molar-refractivity contribution is 1.19. The van der Waals surface area contributed by atoms with Crippen LogP contribution >= 0.6 is 11.5 Å². The van der Waals surface area contributed by atoms with Crippen molar-refractivity contribution < 1.29 is 0 Å². The maximum Gasteiger partial charge on any atom is 0.200 e. The Balaban J connectivity index is 2.18. The zero-order chi connectivity index (χ0) is 11.8. The third-order valence-corrected chi connectivity index (χ3v) is 2.91. The lowest BCUT2D eigenvalue weighted by Crippen LogP contribution is -1.91. The topological polar surface area (TPSA) is 77.6 Å². The van der Waals surface area contributed by atoms with Crippen LogP contribution in [0.5, 0.6) is 0 Å². The van der Waals surface area contributed by atoms with Crippen molar-refractivity contribution in [3.05, 3.63) is 30.0 Å². The van der Waals surface area contributed by atoms with Crippen LogP contribution in [0.3, 0.4) is 0 Å². The zero-order valence-electron chi connectivity index (χ0n) is 9.08. The van der Waals surface area contributed by atoms with Gasteiger partial charge in [-0.2, -0.15) is 9.36 Å². The number of aromatic nitrogens is 4. The Hall–Kier alpha value is -2.08. The summed E-state index contributed by atoms with van der Waals surface area (Å²) >= 11 is 1.16. The van der Waals surface area contributed by atoms with E-state index in [9.17, 15) is 0 Å². The summed E-state index contributed by atoms with van der Waals surface area (Å²) in [5.74, 6) is 0.553. The van der Waals surface area contributed by atoms with Crippen molar-refractivity contribution in [3.63, 3.8) is 0 Å². The summed E-state index contributed by atoms with van der Waals surface area (Å²) in [5.41, 5.74) is 7.89. The lowest BCUT2D eigenvalue weighted by atomic mass is 10.2. The molecule has 3 rings (SSSR count). The second-order valence-corrected chi connectivity index (χ2v) is 4.44. The van der Waals surface area contributed by atoms with Gasteiger partial charge in [-0.15, -0.1) is 0 Å². The molecular formula is C11H9N5S. The number of nitrogen functional groups attached to an aromatic ring is 1. The van der Waals surface area contributed by atoms with Crippen LogP contribution < -0.4 is 5.73 Å². The molecule has 6 heteroatoms. The highest BCUT2D eigenvalue weighted by molar-refractivity contribution is 7.09. The van der Waals surface area contributed by atoms with Gasteiger partial charge in [-0.05, 0) is 31.2 Å². The van der Waals surface area contributed by atoms with Gasteiger partial charge in [0.1, 0.15) is 5.69 Å². The Kier molecular flexibility index (Phi) is 2.22. The zero-order valence-corrected chi connectivity index (χ0v) is 9.90. The van der Waals surface area contributed by atoms with Gasteiger partial charge in [0.25, 0.3) is 0 Å². The van der Waals surface area contributed by atoms with Gasteiger partial charge in [-0.1, -0.05) is 0 Å². The number of rotatable bonds is 1. The number of aryl methyl sites for hydroxylation is 1. The van der Waals surface area contributed by atoms with Crippen LogP contribution in [-0.4, -0.2) is 19.3 Å². The molecule has 3 aromatic rings. The second kappa shape index (κ2) is 3.74. The summed E-state index contributed by atoms with van der Waals surface area (Å²) in [6, 6.07) is 7.79. The molecule has 3 heterocycles. The third kappa shape index (κ3) is 1.83. The summed E-state index contributed by atoms with van der Waals surface area (Å²) in [5, 5.41) is 1.45. The number of hydrogen-bond acceptors (Lipinski definition) is 6. The average molecular weight is 243 g/mol. The Morgan fingerprint density at radius 2 is 1.88 bits per heavy atom. The maximum absolute atomic E-state index is 5.55. The van der Waals surface area contributed by atoms with Gasteiger partial charge in [0.15, 0.2) is 16.6 Å². The van der Waals surface area contributed by atoms with E-state index >= 15 is 0 Å². The summed E-state index contributed by atoms with van der Waals surface area (Å²) < 4.78 is 4.13. The Morgan fingerprint density at radius 3 is 2.65 bits per heavy atom. The largest absolute Gasteiger partial charge is 0.374 e. The molecule has 0 atom stereocenters. The van der Waals surface area contributed by atoms with E-state index in [4.69, 9.17) is 5.73 Å². The number of anilines is 1. The SMILES string of the molecule is Cc1ccc2ccc(-c3nsc(N)n3)nc2n1. The first kappa shape index (κ1) is 10.1. The normalized spacial score (nSPS) is 10.9. The van der Waals surface area contributed by atoms with E-state index in [-0.39, 0.29) is 0 Å². The maximum atomic E-state index is 5.55. The molecule has 17 heavy (non-hydrogen) atoms. The van der Waals surface area contributed by atoms with Crippen molar-refractivity contribution in [1.82, 2.24) is 19.3 Å². The Bertz CT molecular complexity index is 691. The van der Waals surface area contributed by atoms with Crippen molar-refractivity contribution in [2.45, 2.75) is 6.92 Å². The molecule has 0 fully saturated rings. The minimum Gasteiger partial charge on any atom is -0.374 e. The van der Waals surface area contributed by atoms with Gasteiger partial charge in [-0.3, -0.25) is 0 Å². The number of nitrogens with two attached hydrogens (primary N) is 1. The van der Waals surface area contributed by atoms with E-state index in [1.807, 2.05) is 31.2 Å². The van der Waals surface area contributed by atoms with Crippen molar-refractivity contribution >= 4 is 27.7 Å². The highest BCUT2D eigenvalue weighted by Gasteiger charge is 2.07. The summed E-state index contributed by atoms with van der Waals surface area (Å²) in [7, 11) is 0. The highest BCUT2D eigenvalue weighted by atomic mass is 32.1. The van der Waals surface area contributed by atoms with Crippen molar-refractivity contribution in [3.8, 4) is 11.5 Å². The van der Waals surface area contributed by atoms with Gasteiger partial charge in [0.05, 0.1) is 0 Å². The standard InChI is InChI=1S/C11H9N5S/c1-6-2-3-7-4-5-8(14-9(7)13-6)10-15-11(12)17-16-10/h2-5H,1H3,(H2,12,15,16). The van der Waals surface area contributed by atoms with Crippen LogP contribution in [0.4, 0.5) is 5.13 Å². The molecule has 0 aliphatic rings. The molecule has 0 aliphatic carbocycles. The molecule has 0 spiro atoms. The van der Waals surface area contributed by atoms with E-state index in [0.29, 0.717) is 22.3 Å². The van der Waals surface area contributed by atoms with Gasteiger partial charge in [-0.25, -0.2) is 9.97 Å². The van der Waals surface area contributed by atoms with E-state index in [1.165, 1.54) is 0 Å². The van der Waals surface area contributed by atoms with Crippen LogP contribution in [0, 0.1) is 6.92 Å². The fourth-order valence-electron chi connectivity index (χ4n) is 1.56. The van der Waals surface area contributed by atoms with Crippen molar-refractivity contribution in [2.75, 3.05) is 5.73 Å². The molecule has 0 aliphatic heterocycles. The minimum absolute atomic E-state index is 0.444. The fraction of sp³-hybridized carbons (Fsp3) is 0.0909. The first-order valence-electron chi connectivity index (χ1n) is 5.06. The minimum atomic E-state index is 0.444. The molecule has 2 N–H and O–H groups in total. The van der Waals surface area contributed by atoms with E-state index in [2.05, 4.69) is 19.3 Å². The van der Waals surface area contributed by atoms with E-state index in [1.54, 1.807) is 0 Å². The molecule has 0 bridgehead atoms. The predicted octanol–water partition coefficient (Wildman–Crippen LogP) is 2.04. The smallest absolute Gasteiger partial charge is 0.200 e. The Labute approximate surface area is 102 Å². The molecule has 84 valence electrons. The van der Waals surface area contributed by atoms with Crippen molar-refractivity contribution in [2.24, 2.45) is 0 Å². The molecular weight excluding hydrogens is 234 g/mol. The molecule has 3 aromatic heterocycles. The first-order chi connectivity index (χ1) is 8.22. The molecule has 0 saturated carbocycles. The average Bonchev–Trinajstić information content (AvgIpc) is 2.75. The van der Waals surface area contributed by atoms with E-state index < -0.39 is 0 Å². The predicted molar refractivity (Wildman–Crippen MR) is 67.6 cm³/mol. The van der Waals surface area contributed by atoms with Gasteiger partial charge in [0, 0.05) is 22.6 Å². The number of nitrogens with zero attached hydrogens (tertiary/aromatic N) is 4. The number of pyridine rings is 2. The molecule has 0 amide bonds.